The second kappa shape index (κ2) is 8.96. The minimum atomic E-state index is -3.93. The number of esters is 1. The summed E-state index contributed by atoms with van der Waals surface area (Å²) in [4.78, 5) is 31.0. The van der Waals surface area contributed by atoms with Crippen molar-refractivity contribution >= 4 is 21.9 Å². The zero-order chi connectivity index (χ0) is 20.9. The van der Waals surface area contributed by atoms with Crippen molar-refractivity contribution in [1.82, 2.24) is 9.37 Å². The van der Waals surface area contributed by atoms with E-state index in [-0.39, 0.29) is 10.5 Å². The monoisotopic (exact) mass is 406 g/mol. The van der Waals surface area contributed by atoms with Gasteiger partial charge in [0.1, 0.15) is 0 Å². The number of nitrogens with zero attached hydrogens (tertiary/aromatic N) is 2. The van der Waals surface area contributed by atoms with Crippen LogP contribution < -0.4 is 0 Å². The van der Waals surface area contributed by atoms with Gasteiger partial charge in [-0.1, -0.05) is 40.9 Å². The fourth-order valence-corrected chi connectivity index (χ4v) is 3.35. The minimum absolute atomic E-state index is 0.00179. The number of likely N-dealkylation sites (N-methyl/N-ethyl adjacent to an activating group) is 1. The predicted octanol–water partition coefficient (Wildman–Crippen LogP) is 1.85. The van der Waals surface area contributed by atoms with Crippen molar-refractivity contribution in [3.63, 3.8) is 0 Å². The minimum Gasteiger partial charge on any atom is -0.444 e. The maximum absolute atomic E-state index is 12.6. The van der Waals surface area contributed by atoms with Gasteiger partial charge in [-0.05, 0) is 18.2 Å². The lowest BCUT2D eigenvalue weighted by molar-refractivity contribution is -0.138. The Labute approximate surface area is 164 Å². The molecule has 28 heavy (non-hydrogen) atoms. The molecule has 0 saturated carbocycles. The topological polar surface area (TPSA) is 93.2 Å². The molecular weight excluding hydrogens is 384 g/mol. The number of ether oxygens (including phenoxy) is 1. The van der Waals surface area contributed by atoms with Crippen molar-refractivity contribution in [2.45, 2.75) is 11.0 Å². The number of amides is 1. The van der Waals surface area contributed by atoms with Crippen molar-refractivity contribution in [2.24, 2.45) is 0 Å². The molecule has 0 bridgehead atoms. The SMILES string of the molecule is CON(C)S(=O)(=O)c1cccc(C(=O)O[C@@H](C(=O)N(C)C)c2ccccc2)c1. The van der Waals surface area contributed by atoms with E-state index in [9.17, 15) is 18.0 Å². The number of hydroxylamine groups is 1. The smallest absolute Gasteiger partial charge is 0.339 e. The number of rotatable bonds is 7. The lowest BCUT2D eigenvalue weighted by Gasteiger charge is -2.21. The first-order valence-corrected chi connectivity index (χ1v) is 9.72. The largest absolute Gasteiger partial charge is 0.444 e. The van der Waals surface area contributed by atoms with Crippen molar-refractivity contribution in [3.8, 4) is 0 Å². The first-order chi connectivity index (χ1) is 13.2. The molecule has 0 aliphatic rings. The standard InChI is InChI=1S/C19H22N2O6S/c1-20(2)18(22)17(14-9-6-5-7-10-14)27-19(23)15-11-8-12-16(13-15)28(24,25)21(3)26-4/h5-13,17H,1-4H3/t17-/m1/s1. The predicted molar refractivity (Wildman–Crippen MR) is 102 cm³/mol. The molecule has 0 fully saturated rings. The molecule has 8 nitrogen and oxygen atoms in total. The van der Waals surface area contributed by atoms with Crippen molar-refractivity contribution in [3.05, 3.63) is 65.7 Å². The van der Waals surface area contributed by atoms with E-state index in [1.54, 1.807) is 44.4 Å². The Morgan fingerprint density at radius 2 is 1.61 bits per heavy atom. The van der Waals surface area contributed by atoms with E-state index in [1.165, 1.54) is 43.3 Å². The molecule has 2 rings (SSSR count). The molecule has 0 unspecified atom stereocenters. The van der Waals surface area contributed by atoms with Crippen molar-refractivity contribution in [1.29, 1.82) is 0 Å². The molecule has 0 heterocycles. The molecule has 2 aromatic rings. The lowest BCUT2D eigenvalue weighted by atomic mass is 10.1. The molecular formula is C19H22N2O6S. The fraction of sp³-hybridized carbons (Fsp3) is 0.263. The maximum Gasteiger partial charge on any atom is 0.339 e. The Morgan fingerprint density at radius 1 is 0.964 bits per heavy atom. The Kier molecular flexibility index (Phi) is 6.90. The quantitative estimate of drug-likeness (QED) is 0.515. The highest BCUT2D eigenvalue weighted by Gasteiger charge is 2.28. The molecule has 9 heteroatoms. The molecule has 1 amide bonds. The van der Waals surface area contributed by atoms with Crippen LogP contribution >= 0.6 is 0 Å². The van der Waals surface area contributed by atoms with Crippen LogP contribution in [0, 0.1) is 0 Å². The molecule has 0 N–H and O–H groups in total. The van der Waals surface area contributed by atoms with Crippen molar-refractivity contribution < 1.29 is 27.6 Å². The number of hydrogen-bond acceptors (Lipinski definition) is 6. The maximum atomic E-state index is 12.6. The summed E-state index contributed by atoms with van der Waals surface area (Å²) >= 11 is 0. The molecule has 0 saturated heterocycles. The van der Waals surface area contributed by atoms with E-state index in [2.05, 4.69) is 0 Å². The molecule has 150 valence electrons. The van der Waals surface area contributed by atoms with E-state index < -0.39 is 28.0 Å². The first-order valence-electron chi connectivity index (χ1n) is 8.28. The van der Waals surface area contributed by atoms with Gasteiger partial charge in [0.05, 0.1) is 17.6 Å². The molecule has 0 spiro atoms. The summed E-state index contributed by atoms with van der Waals surface area (Å²) in [5.41, 5.74) is 0.510. The van der Waals surface area contributed by atoms with Crippen LogP contribution in [0.1, 0.15) is 22.0 Å². The summed E-state index contributed by atoms with van der Waals surface area (Å²) in [7, 11) is 1.64. The summed E-state index contributed by atoms with van der Waals surface area (Å²) in [5, 5.41) is 0. The van der Waals surface area contributed by atoms with E-state index in [0.29, 0.717) is 10.0 Å². The van der Waals surface area contributed by atoms with Crippen LogP contribution in [0.25, 0.3) is 0 Å². The molecule has 0 radical (unpaired) electrons. The van der Waals surface area contributed by atoms with Gasteiger partial charge in [0, 0.05) is 26.7 Å². The fourth-order valence-electron chi connectivity index (χ4n) is 2.33. The van der Waals surface area contributed by atoms with E-state index >= 15 is 0 Å². The zero-order valence-electron chi connectivity index (χ0n) is 16.0. The molecule has 1 atom stereocenters. The van der Waals surface area contributed by atoms with Crippen LogP contribution in [0.2, 0.25) is 0 Å². The lowest BCUT2D eigenvalue weighted by Crippen LogP contribution is -2.31. The van der Waals surface area contributed by atoms with Crippen molar-refractivity contribution in [2.75, 3.05) is 28.3 Å². The van der Waals surface area contributed by atoms with Crippen LogP contribution in [0.15, 0.2) is 59.5 Å². The number of carbonyl (C=O) groups is 2. The Morgan fingerprint density at radius 3 is 2.18 bits per heavy atom. The van der Waals surface area contributed by atoms with E-state index in [1.807, 2.05) is 0 Å². The molecule has 0 aliphatic carbocycles. The van der Waals surface area contributed by atoms with Gasteiger partial charge in [0.2, 0.25) is 6.10 Å². The van der Waals surface area contributed by atoms with Crippen LogP contribution in [0.3, 0.4) is 0 Å². The molecule has 0 aromatic heterocycles. The number of carbonyl (C=O) groups excluding carboxylic acids is 2. The van der Waals surface area contributed by atoms with Crippen LogP contribution in [-0.2, 0) is 24.4 Å². The van der Waals surface area contributed by atoms with Gasteiger partial charge in [0.15, 0.2) is 0 Å². The van der Waals surface area contributed by atoms with Gasteiger partial charge >= 0.3 is 5.97 Å². The van der Waals surface area contributed by atoms with Gasteiger partial charge in [0.25, 0.3) is 15.9 Å². The second-order valence-electron chi connectivity index (χ2n) is 6.05. The van der Waals surface area contributed by atoms with Crippen LogP contribution in [-0.4, -0.2) is 57.9 Å². The van der Waals surface area contributed by atoms with Gasteiger partial charge in [-0.15, -0.1) is 0 Å². The Balaban J connectivity index is 2.34. The normalized spacial score (nSPS) is 12.5. The molecule has 2 aromatic carbocycles. The van der Waals surface area contributed by atoms with Crippen LogP contribution in [0.4, 0.5) is 0 Å². The highest BCUT2D eigenvalue weighted by Crippen LogP contribution is 2.23. The summed E-state index contributed by atoms with van der Waals surface area (Å²) in [6.07, 6.45) is -1.15. The highest BCUT2D eigenvalue weighted by molar-refractivity contribution is 7.89. The Bertz CT molecular complexity index is 944. The number of sulfonamides is 1. The second-order valence-corrected chi connectivity index (χ2v) is 7.99. The highest BCUT2D eigenvalue weighted by atomic mass is 32.2. The third-order valence-electron chi connectivity index (χ3n) is 3.96. The number of hydrogen-bond donors (Lipinski definition) is 0. The third-order valence-corrected chi connectivity index (χ3v) is 5.63. The van der Waals surface area contributed by atoms with Gasteiger partial charge in [-0.2, -0.15) is 0 Å². The van der Waals surface area contributed by atoms with Gasteiger partial charge in [-0.25, -0.2) is 13.2 Å². The van der Waals surface area contributed by atoms with Gasteiger partial charge in [-0.3, -0.25) is 9.63 Å². The first kappa shape index (κ1) is 21.5. The number of benzene rings is 2. The summed E-state index contributed by atoms with van der Waals surface area (Å²) in [5.74, 6) is -1.23. The molecule has 0 aliphatic heterocycles. The summed E-state index contributed by atoms with van der Waals surface area (Å²) in [6, 6.07) is 13.9. The third kappa shape index (κ3) is 4.75. The van der Waals surface area contributed by atoms with Crippen LogP contribution in [0.5, 0.6) is 0 Å². The average Bonchev–Trinajstić information content (AvgIpc) is 2.71. The average molecular weight is 406 g/mol. The summed E-state index contributed by atoms with van der Waals surface area (Å²) in [6.45, 7) is 0. The van der Waals surface area contributed by atoms with E-state index in [0.717, 1.165) is 0 Å². The summed E-state index contributed by atoms with van der Waals surface area (Å²) < 4.78 is 30.8. The Hall–Kier alpha value is -2.75. The van der Waals surface area contributed by atoms with Gasteiger partial charge < -0.3 is 9.64 Å². The van der Waals surface area contributed by atoms with E-state index in [4.69, 9.17) is 9.57 Å². The zero-order valence-corrected chi connectivity index (χ0v) is 16.8.